The summed E-state index contributed by atoms with van der Waals surface area (Å²) in [5, 5.41) is 4.22. The fraction of sp³-hybridized carbons (Fsp3) is 0.333. The van der Waals surface area contributed by atoms with Gasteiger partial charge in [0.15, 0.2) is 5.78 Å². The van der Waals surface area contributed by atoms with E-state index in [1.807, 2.05) is 61.5 Å². The molecule has 2 aromatic carbocycles. The molecule has 4 heterocycles. The summed E-state index contributed by atoms with van der Waals surface area (Å²) in [4.78, 5) is 32.7. The first kappa shape index (κ1) is 20.8. The summed E-state index contributed by atoms with van der Waals surface area (Å²) in [5.74, 6) is 0.762. The predicted octanol–water partition coefficient (Wildman–Crippen LogP) is 4.05. The molecule has 0 radical (unpaired) electrons. The van der Waals surface area contributed by atoms with Gasteiger partial charge in [0, 0.05) is 61.6 Å². The number of Topliss-reactive ketones (excluding diaryl/α,β-unsaturated/α-hetero) is 1. The molecule has 1 fully saturated rings. The van der Waals surface area contributed by atoms with Gasteiger partial charge >= 0.3 is 0 Å². The Balaban J connectivity index is 1.17. The molecule has 0 saturated carbocycles. The lowest BCUT2D eigenvalue weighted by atomic mass is 9.82. The molecule has 1 aromatic heterocycles. The Morgan fingerprint density at radius 1 is 1.06 bits per heavy atom. The first-order chi connectivity index (χ1) is 16.4. The van der Waals surface area contributed by atoms with Crippen LogP contribution in [0, 0.1) is 0 Å². The zero-order chi connectivity index (χ0) is 23.4. The highest BCUT2D eigenvalue weighted by Gasteiger charge is 2.44. The minimum atomic E-state index is -0.544. The number of rotatable bonds is 2. The highest BCUT2D eigenvalue weighted by atomic mass is 16.5. The molecule has 1 spiro atoms. The second-order valence-corrected chi connectivity index (χ2v) is 9.56. The Morgan fingerprint density at radius 2 is 1.88 bits per heavy atom. The molecule has 7 heteroatoms. The van der Waals surface area contributed by atoms with Crippen LogP contribution in [0.2, 0.25) is 0 Å². The van der Waals surface area contributed by atoms with Crippen molar-refractivity contribution in [1.29, 1.82) is 0 Å². The highest BCUT2D eigenvalue weighted by Crippen LogP contribution is 2.41. The molecule has 6 rings (SSSR count). The van der Waals surface area contributed by atoms with Gasteiger partial charge in [-0.2, -0.15) is 5.10 Å². The van der Waals surface area contributed by atoms with Gasteiger partial charge < -0.3 is 9.64 Å². The van der Waals surface area contributed by atoms with E-state index in [4.69, 9.17) is 4.74 Å². The van der Waals surface area contributed by atoms with Crippen LogP contribution in [0.25, 0.3) is 11.1 Å². The first-order valence-electron chi connectivity index (χ1n) is 11.7. The van der Waals surface area contributed by atoms with Crippen molar-refractivity contribution in [2.24, 2.45) is 12.0 Å². The van der Waals surface area contributed by atoms with E-state index in [0.717, 1.165) is 22.4 Å². The van der Waals surface area contributed by atoms with Gasteiger partial charge in [0.05, 0.1) is 24.7 Å². The summed E-state index contributed by atoms with van der Waals surface area (Å²) >= 11 is 0. The number of fused-ring (bicyclic) bond motifs is 2. The van der Waals surface area contributed by atoms with E-state index in [1.54, 1.807) is 10.9 Å². The second kappa shape index (κ2) is 7.65. The van der Waals surface area contributed by atoms with Crippen LogP contribution in [-0.2, 0) is 13.6 Å². The van der Waals surface area contributed by atoms with Gasteiger partial charge in [0.25, 0.3) is 5.91 Å². The average molecular weight is 455 g/mol. The molecule has 172 valence electrons. The third-order valence-electron chi connectivity index (χ3n) is 7.32. The van der Waals surface area contributed by atoms with E-state index in [0.29, 0.717) is 55.8 Å². The van der Waals surface area contributed by atoms with Crippen molar-refractivity contribution in [3.8, 4) is 16.9 Å². The fourth-order valence-electron chi connectivity index (χ4n) is 5.30. The molecule has 1 amide bonds. The van der Waals surface area contributed by atoms with Crippen molar-refractivity contribution in [2.75, 3.05) is 13.1 Å². The molecule has 0 N–H and O–H groups in total. The summed E-state index contributed by atoms with van der Waals surface area (Å²) < 4.78 is 8.18. The molecule has 1 saturated heterocycles. The number of likely N-dealkylation sites (tertiary alicyclic amines) is 1. The van der Waals surface area contributed by atoms with Crippen molar-refractivity contribution >= 4 is 17.4 Å². The van der Waals surface area contributed by atoms with Crippen molar-refractivity contribution in [2.45, 2.75) is 38.3 Å². The molecular weight excluding hydrogens is 428 g/mol. The van der Waals surface area contributed by atoms with Crippen LogP contribution in [0.3, 0.4) is 0 Å². The standard InChI is InChI=1S/C27H26N4O3/c1-17-22-12-19(3-4-20(22)14-28-17)26(33)31-9-7-27(8-10-31)13-24(32)23-11-18(5-6-25(23)34-27)21-15-29-30(2)16-21/h3-6,11-12,15-16H,7-10,13-14H2,1-2H3. The quantitative estimate of drug-likeness (QED) is 0.585. The lowest BCUT2D eigenvalue weighted by Gasteiger charge is -2.44. The minimum absolute atomic E-state index is 0.0287. The minimum Gasteiger partial charge on any atom is -0.486 e. The molecular formula is C27H26N4O3. The number of hydrogen-bond acceptors (Lipinski definition) is 5. The summed E-state index contributed by atoms with van der Waals surface area (Å²) in [5.41, 5.74) is 5.93. The molecule has 0 unspecified atom stereocenters. The molecule has 0 atom stereocenters. The van der Waals surface area contributed by atoms with Crippen molar-refractivity contribution in [1.82, 2.24) is 14.7 Å². The van der Waals surface area contributed by atoms with Gasteiger partial charge in [0.2, 0.25) is 0 Å². The normalized spacial score (nSPS) is 18.4. The number of aryl methyl sites for hydroxylation is 1. The van der Waals surface area contributed by atoms with Gasteiger partial charge in [-0.15, -0.1) is 0 Å². The largest absolute Gasteiger partial charge is 0.486 e. The maximum Gasteiger partial charge on any atom is 0.253 e. The first-order valence-corrected chi connectivity index (χ1v) is 11.7. The Kier molecular flexibility index (Phi) is 4.69. The molecule has 7 nitrogen and oxygen atoms in total. The smallest absolute Gasteiger partial charge is 0.253 e. The van der Waals surface area contributed by atoms with Crippen LogP contribution in [-0.4, -0.2) is 50.8 Å². The van der Waals surface area contributed by atoms with E-state index in [1.165, 1.54) is 5.56 Å². The number of benzene rings is 2. The average Bonchev–Trinajstić information content (AvgIpc) is 3.44. The van der Waals surface area contributed by atoms with Gasteiger partial charge in [-0.3, -0.25) is 19.3 Å². The van der Waals surface area contributed by atoms with Crippen molar-refractivity contribution in [3.05, 3.63) is 71.0 Å². The number of aromatic nitrogens is 2. The lowest BCUT2D eigenvalue weighted by molar-refractivity contribution is -0.00569. The van der Waals surface area contributed by atoms with Gasteiger partial charge in [-0.1, -0.05) is 12.1 Å². The van der Waals surface area contributed by atoms with Crippen LogP contribution in [0.4, 0.5) is 0 Å². The number of carbonyl (C=O) groups excluding carboxylic acids is 2. The van der Waals surface area contributed by atoms with Gasteiger partial charge in [-0.25, -0.2) is 0 Å². The summed E-state index contributed by atoms with van der Waals surface area (Å²) in [6.07, 6.45) is 5.34. The van der Waals surface area contributed by atoms with E-state index in [9.17, 15) is 9.59 Å². The molecule has 3 aliphatic heterocycles. The molecule has 0 bridgehead atoms. The highest BCUT2D eigenvalue weighted by molar-refractivity contribution is 6.05. The number of piperidine rings is 1. The Hall–Kier alpha value is -3.74. The maximum atomic E-state index is 13.2. The summed E-state index contributed by atoms with van der Waals surface area (Å²) in [6.45, 7) is 3.82. The molecule has 34 heavy (non-hydrogen) atoms. The maximum absolute atomic E-state index is 13.2. The van der Waals surface area contributed by atoms with Crippen LogP contribution < -0.4 is 4.74 Å². The Bertz CT molecular complexity index is 1360. The van der Waals surface area contributed by atoms with Crippen molar-refractivity contribution in [3.63, 3.8) is 0 Å². The number of nitrogens with zero attached hydrogens (tertiary/aromatic N) is 4. The van der Waals surface area contributed by atoms with E-state index >= 15 is 0 Å². The zero-order valence-corrected chi connectivity index (χ0v) is 19.4. The molecule has 3 aliphatic rings. The Morgan fingerprint density at radius 3 is 2.65 bits per heavy atom. The number of amides is 1. The topological polar surface area (TPSA) is 76.8 Å². The number of ketones is 1. The van der Waals surface area contributed by atoms with Crippen LogP contribution >= 0.6 is 0 Å². The fourth-order valence-corrected chi connectivity index (χ4v) is 5.30. The Labute approximate surface area is 198 Å². The summed E-state index contributed by atoms with van der Waals surface area (Å²) in [7, 11) is 1.87. The molecule has 0 aliphatic carbocycles. The third kappa shape index (κ3) is 3.43. The zero-order valence-electron chi connectivity index (χ0n) is 19.4. The predicted molar refractivity (Wildman–Crippen MR) is 128 cm³/mol. The van der Waals surface area contributed by atoms with Crippen LogP contribution in [0.5, 0.6) is 5.75 Å². The number of carbonyl (C=O) groups is 2. The van der Waals surface area contributed by atoms with E-state index in [2.05, 4.69) is 10.1 Å². The second-order valence-electron chi connectivity index (χ2n) is 9.56. The van der Waals surface area contributed by atoms with Gasteiger partial charge in [0.1, 0.15) is 11.4 Å². The SMILES string of the molecule is CC1=NCc2ccc(C(=O)N3CCC4(CC3)CC(=O)c3cc(-c5cnn(C)c5)ccc3O4)cc21. The van der Waals surface area contributed by atoms with Crippen LogP contribution in [0.1, 0.15) is 58.0 Å². The number of hydrogen-bond donors (Lipinski definition) is 0. The van der Waals surface area contributed by atoms with Crippen LogP contribution in [0.15, 0.2) is 53.8 Å². The molecule has 3 aromatic rings. The third-order valence-corrected chi connectivity index (χ3v) is 7.32. The lowest BCUT2D eigenvalue weighted by Crippen LogP contribution is -2.52. The van der Waals surface area contributed by atoms with Crippen molar-refractivity contribution < 1.29 is 14.3 Å². The monoisotopic (exact) mass is 454 g/mol. The van der Waals surface area contributed by atoms with E-state index < -0.39 is 5.60 Å². The number of ether oxygens (including phenoxy) is 1. The summed E-state index contributed by atoms with van der Waals surface area (Å²) in [6, 6.07) is 11.6. The van der Waals surface area contributed by atoms with E-state index in [-0.39, 0.29) is 11.7 Å². The van der Waals surface area contributed by atoms with Gasteiger partial charge in [-0.05, 0) is 42.3 Å². The number of aliphatic imine (C=N–C) groups is 1.